The van der Waals surface area contributed by atoms with Crippen molar-refractivity contribution in [2.45, 2.75) is 26.2 Å². The molecule has 5 nitrogen and oxygen atoms in total. The molecule has 0 unspecified atom stereocenters. The molecule has 0 radical (unpaired) electrons. The summed E-state index contributed by atoms with van der Waals surface area (Å²) in [6.07, 6.45) is 3.51. The molecule has 0 spiro atoms. The van der Waals surface area contributed by atoms with Crippen LogP contribution in [0.15, 0.2) is 47.7 Å². The van der Waals surface area contributed by atoms with Crippen LogP contribution in [0, 0.1) is 0 Å². The summed E-state index contributed by atoms with van der Waals surface area (Å²) >= 11 is 1.50. The summed E-state index contributed by atoms with van der Waals surface area (Å²) in [5.74, 6) is -0.487. The maximum atomic E-state index is 11.3. The van der Waals surface area contributed by atoms with Crippen molar-refractivity contribution in [1.82, 2.24) is 9.38 Å². The molecule has 2 heterocycles. The highest BCUT2D eigenvalue weighted by Crippen LogP contribution is 2.26. The minimum absolute atomic E-state index is 0.207. The lowest BCUT2D eigenvalue weighted by Crippen LogP contribution is -2.05. The Morgan fingerprint density at radius 2 is 2.08 bits per heavy atom. The van der Waals surface area contributed by atoms with E-state index in [1.807, 2.05) is 16.0 Å². The minimum Gasteiger partial charge on any atom is -0.504 e. The lowest BCUT2D eigenvalue weighted by molar-refractivity contribution is -0.132. The molecule has 0 aliphatic heterocycles. The number of carbonyl (C=O) groups is 1. The molecule has 1 aromatic carbocycles. The van der Waals surface area contributed by atoms with Gasteiger partial charge in [0.1, 0.15) is 0 Å². The van der Waals surface area contributed by atoms with Gasteiger partial charge in [-0.25, -0.2) is 9.78 Å². The number of hydrogen-bond acceptors (Lipinski definition) is 4. The van der Waals surface area contributed by atoms with E-state index >= 15 is 0 Å². The molecule has 6 heteroatoms. The molecule has 0 atom stereocenters. The fourth-order valence-electron chi connectivity index (χ4n) is 2.64. The first-order chi connectivity index (χ1) is 12.0. The third-order valence-electron chi connectivity index (χ3n) is 4.06. The molecular weight excluding hydrogens is 336 g/mol. The van der Waals surface area contributed by atoms with Crippen LogP contribution in [-0.2, 0) is 16.0 Å². The number of fused-ring (bicyclic) bond motifs is 1. The molecule has 0 aliphatic carbocycles. The summed E-state index contributed by atoms with van der Waals surface area (Å²) in [6.45, 7) is 4.34. The van der Waals surface area contributed by atoms with Crippen LogP contribution < -0.4 is 0 Å². The Labute approximate surface area is 150 Å². The summed E-state index contributed by atoms with van der Waals surface area (Å²) in [4.78, 5) is 16.8. The van der Waals surface area contributed by atoms with Crippen molar-refractivity contribution in [2.75, 3.05) is 7.11 Å². The number of ether oxygens (including phenoxy) is 1. The molecule has 0 saturated heterocycles. The number of carboxylic acid groups (broad SMARTS) is 1. The predicted molar refractivity (Wildman–Crippen MR) is 99.0 cm³/mol. The van der Waals surface area contributed by atoms with Gasteiger partial charge in [0.15, 0.2) is 4.96 Å². The molecule has 1 N–H and O–H groups in total. The number of thiazole rings is 1. The quantitative estimate of drug-likeness (QED) is 0.527. The van der Waals surface area contributed by atoms with E-state index < -0.39 is 5.97 Å². The molecule has 0 aliphatic rings. The highest BCUT2D eigenvalue weighted by atomic mass is 32.1. The van der Waals surface area contributed by atoms with Crippen LogP contribution in [0.5, 0.6) is 0 Å². The second kappa shape index (κ2) is 7.11. The number of methoxy groups -OCH3 is 1. The number of imidazole rings is 1. The summed E-state index contributed by atoms with van der Waals surface area (Å²) in [7, 11) is 1.45. The summed E-state index contributed by atoms with van der Waals surface area (Å²) < 4.78 is 6.81. The highest BCUT2D eigenvalue weighted by Gasteiger charge is 2.15. The van der Waals surface area contributed by atoms with E-state index in [9.17, 15) is 9.90 Å². The monoisotopic (exact) mass is 356 g/mol. The zero-order chi connectivity index (χ0) is 18.0. The van der Waals surface area contributed by atoms with E-state index in [2.05, 4.69) is 43.1 Å². The van der Waals surface area contributed by atoms with Gasteiger partial charge in [-0.3, -0.25) is 4.40 Å². The van der Waals surface area contributed by atoms with Gasteiger partial charge in [-0.15, -0.1) is 11.3 Å². The van der Waals surface area contributed by atoms with Gasteiger partial charge in [-0.2, -0.15) is 0 Å². The molecule has 3 rings (SSSR count). The number of carboxylic acids is 1. The molecule has 3 aromatic rings. The molecule has 130 valence electrons. The third-order valence-corrected chi connectivity index (χ3v) is 4.95. The Kier molecular flexibility index (Phi) is 4.90. The average molecular weight is 356 g/mol. The van der Waals surface area contributed by atoms with Crippen LogP contribution in [0.1, 0.15) is 31.0 Å². The molecule has 2 aromatic heterocycles. The van der Waals surface area contributed by atoms with Gasteiger partial charge < -0.3 is 9.84 Å². The second-order valence-electron chi connectivity index (χ2n) is 6.14. The van der Waals surface area contributed by atoms with Gasteiger partial charge >= 0.3 is 5.97 Å². The van der Waals surface area contributed by atoms with Gasteiger partial charge in [0.2, 0.25) is 0 Å². The Morgan fingerprint density at radius 1 is 1.36 bits per heavy atom. The van der Waals surface area contributed by atoms with E-state index in [0.29, 0.717) is 5.92 Å². The van der Waals surface area contributed by atoms with E-state index in [1.54, 1.807) is 0 Å². The van der Waals surface area contributed by atoms with E-state index in [4.69, 9.17) is 4.74 Å². The molecule has 0 saturated carbocycles. The van der Waals surface area contributed by atoms with Crippen molar-refractivity contribution in [2.24, 2.45) is 0 Å². The normalized spacial score (nSPS) is 12.1. The van der Waals surface area contributed by atoms with Crippen molar-refractivity contribution in [3.05, 3.63) is 58.9 Å². The minimum atomic E-state index is -0.981. The Balaban J connectivity index is 1.92. The number of rotatable bonds is 6. The largest absolute Gasteiger partial charge is 0.504 e. The zero-order valence-corrected chi connectivity index (χ0v) is 15.2. The summed E-state index contributed by atoms with van der Waals surface area (Å²) in [6, 6.07) is 8.40. The molecular formula is C19H20N2O3S. The lowest BCUT2D eigenvalue weighted by atomic mass is 10.0. The fraction of sp³-hybridized carbons (Fsp3) is 0.263. The van der Waals surface area contributed by atoms with Crippen molar-refractivity contribution >= 4 is 22.3 Å². The van der Waals surface area contributed by atoms with Gasteiger partial charge in [0, 0.05) is 29.3 Å². The van der Waals surface area contributed by atoms with Gasteiger partial charge in [0.05, 0.1) is 24.6 Å². The van der Waals surface area contributed by atoms with Crippen molar-refractivity contribution in [3.63, 3.8) is 0 Å². The highest BCUT2D eigenvalue weighted by molar-refractivity contribution is 7.15. The van der Waals surface area contributed by atoms with E-state index in [0.717, 1.165) is 21.9 Å². The Hall–Kier alpha value is -2.60. The predicted octanol–water partition coefficient (Wildman–Crippen LogP) is 4.34. The zero-order valence-electron chi connectivity index (χ0n) is 14.4. The molecule has 25 heavy (non-hydrogen) atoms. The summed E-state index contributed by atoms with van der Waals surface area (Å²) in [5, 5.41) is 11.2. The molecule has 0 amide bonds. The number of benzene rings is 1. The second-order valence-corrected chi connectivity index (χ2v) is 6.98. The van der Waals surface area contributed by atoms with Crippen molar-refractivity contribution < 1.29 is 14.6 Å². The first kappa shape index (κ1) is 17.2. The van der Waals surface area contributed by atoms with Gasteiger partial charge in [-0.05, 0) is 11.5 Å². The van der Waals surface area contributed by atoms with Crippen LogP contribution in [0.2, 0.25) is 0 Å². The SMILES string of the molecule is COC=C(Cc1csc2nc(-c3ccc(C(C)C)cc3)cn12)C(=O)O. The maximum Gasteiger partial charge on any atom is 0.335 e. The van der Waals surface area contributed by atoms with Crippen LogP contribution in [0.4, 0.5) is 0 Å². The standard InChI is InChI=1S/C19H20N2O3S/c1-12(2)13-4-6-14(7-5-13)17-9-21-16(11-25-19(21)20-17)8-15(10-24-3)18(22)23/h4-7,9-12H,8H2,1-3H3,(H,22,23). The molecule has 0 bridgehead atoms. The van der Waals surface area contributed by atoms with Gasteiger partial charge in [0.25, 0.3) is 0 Å². The molecule has 0 fully saturated rings. The van der Waals surface area contributed by atoms with Crippen LogP contribution in [0.25, 0.3) is 16.2 Å². The van der Waals surface area contributed by atoms with Crippen molar-refractivity contribution in [1.29, 1.82) is 0 Å². The number of hydrogen-bond donors (Lipinski definition) is 1. The fourth-order valence-corrected chi connectivity index (χ4v) is 3.51. The van der Waals surface area contributed by atoms with Crippen molar-refractivity contribution in [3.8, 4) is 11.3 Å². The number of aliphatic carboxylic acids is 1. The summed E-state index contributed by atoms with van der Waals surface area (Å²) in [5.41, 5.74) is 4.32. The van der Waals surface area contributed by atoms with E-state index in [-0.39, 0.29) is 12.0 Å². The van der Waals surface area contributed by atoms with E-state index in [1.165, 1.54) is 30.3 Å². The van der Waals surface area contributed by atoms with Crippen LogP contribution >= 0.6 is 11.3 Å². The number of aromatic nitrogens is 2. The Bertz CT molecular complexity index is 920. The Morgan fingerprint density at radius 3 is 2.68 bits per heavy atom. The van der Waals surface area contributed by atoms with Gasteiger partial charge in [-0.1, -0.05) is 38.1 Å². The maximum absolute atomic E-state index is 11.3. The van der Waals surface area contributed by atoms with Crippen LogP contribution in [-0.4, -0.2) is 27.6 Å². The third kappa shape index (κ3) is 3.58. The lowest BCUT2D eigenvalue weighted by Gasteiger charge is -2.05. The first-order valence-corrected chi connectivity index (χ1v) is 8.88. The first-order valence-electron chi connectivity index (χ1n) is 8.00. The number of nitrogens with zero attached hydrogens (tertiary/aromatic N) is 2. The smallest absolute Gasteiger partial charge is 0.335 e. The average Bonchev–Trinajstić information content (AvgIpc) is 3.16. The van der Waals surface area contributed by atoms with Crippen LogP contribution in [0.3, 0.4) is 0 Å². The topological polar surface area (TPSA) is 63.8 Å².